The zero-order valence-electron chi connectivity index (χ0n) is 19.5. The SMILES string of the molecule is CC[C@H](C)[C@H](NC(=O)OCC1c2ccccc2-c2ccccc21)C(=O)NCC1C(C(=O)O)C1(F)F. The number of ether oxygens (including phenoxy) is 1. The number of halogens is 2. The number of carboxylic acid groups (broad SMARTS) is 1. The number of alkyl carbamates (subject to hydrolysis) is 1. The lowest BCUT2D eigenvalue weighted by molar-refractivity contribution is -0.141. The average Bonchev–Trinajstić information content (AvgIpc) is 3.26. The summed E-state index contributed by atoms with van der Waals surface area (Å²) in [5, 5.41) is 13.8. The number of amides is 2. The van der Waals surface area contributed by atoms with E-state index in [-0.39, 0.29) is 18.4 Å². The summed E-state index contributed by atoms with van der Waals surface area (Å²) in [6.45, 7) is 3.17. The van der Waals surface area contributed by atoms with Crippen LogP contribution in [0, 0.1) is 17.8 Å². The van der Waals surface area contributed by atoms with Crippen molar-refractivity contribution in [3.63, 3.8) is 0 Å². The molecule has 9 heteroatoms. The first-order valence-electron chi connectivity index (χ1n) is 11.7. The van der Waals surface area contributed by atoms with Crippen molar-refractivity contribution in [3.05, 3.63) is 59.7 Å². The Bertz CT molecular complexity index is 1090. The van der Waals surface area contributed by atoms with Gasteiger partial charge < -0.3 is 20.5 Å². The molecule has 2 amide bonds. The third-order valence-corrected chi connectivity index (χ3v) is 7.08. The molecule has 7 nitrogen and oxygen atoms in total. The summed E-state index contributed by atoms with van der Waals surface area (Å²) in [6, 6.07) is 14.8. The molecule has 0 aliphatic heterocycles. The number of hydrogen-bond acceptors (Lipinski definition) is 4. The quantitative estimate of drug-likeness (QED) is 0.497. The lowest BCUT2D eigenvalue weighted by Gasteiger charge is -2.24. The highest BCUT2D eigenvalue weighted by atomic mass is 19.3. The molecule has 2 unspecified atom stereocenters. The van der Waals surface area contributed by atoms with Gasteiger partial charge in [-0.15, -0.1) is 0 Å². The largest absolute Gasteiger partial charge is 0.481 e. The van der Waals surface area contributed by atoms with Crippen molar-refractivity contribution in [1.82, 2.24) is 10.6 Å². The minimum absolute atomic E-state index is 0.0727. The van der Waals surface area contributed by atoms with Crippen molar-refractivity contribution in [2.45, 2.75) is 38.2 Å². The van der Waals surface area contributed by atoms with Crippen molar-refractivity contribution in [2.24, 2.45) is 17.8 Å². The second kappa shape index (κ2) is 9.64. The second-order valence-corrected chi connectivity index (χ2v) is 9.18. The number of carbonyl (C=O) groups is 3. The van der Waals surface area contributed by atoms with Gasteiger partial charge in [0.05, 0.1) is 5.92 Å². The summed E-state index contributed by atoms with van der Waals surface area (Å²) in [4.78, 5) is 36.3. The van der Waals surface area contributed by atoms with Gasteiger partial charge in [0.25, 0.3) is 5.92 Å². The van der Waals surface area contributed by atoms with Gasteiger partial charge in [0.15, 0.2) is 0 Å². The van der Waals surface area contributed by atoms with E-state index in [1.54, 1.807) is 6.92 Å². The molecule has 0 aromatic heterocycles. The van der Waals surface area contributed by atoms with Crippen molar-refractivity contribution < 1.29 is 33.0 Å². The van der Waals surface area contributed by atoms with Crippen LogP contribution in [0.4, 0.5) is 13.6 Å². The fourth-order valence-corrected chi connectivity index (χ4v) is 4.77. The number of alkyl halides is 2. The number of benzene rings is 2. The molecule has 2 aliphatic rings. The number of fused-ring (bicyclic) bond motifs is 3. The molecular formula is C26H28F2N2O5. The summed E-state index contributed by atoms with van der Waals surface area (Å²) >= 11 is 0. The number of aliphatic carboxylic acids is 1. The second-order valence-electron chi connectivity index (χ2n) is 9.18. The van der Waals surface area contributed by atoms with E-state index in [0.29, 0.717) is 6.42 Å². The van der Waals surface area contributed by atoms with Gasteiger partial charge >= 0.3 is 12.1 Å². The minimum atomic E-state index is -3.36. The maximum atomic E-state index is 13.6. The van der Waals surface area contributed by atoms with E-state index in [0.717, 1.165) is 22.3 Å². The summed E-state index contributed by atoms with van der Waals surface area (Å²) in [7, 11) is 0. The standard InChI is InChI=1S/C26H28F2N2O5/c1-3-14(2)22(23(31)29-12-20-21(24(32)33)26(20,27)28)30-25(34)35-13-19-17-10-6-4-8-15(17)16-9-5-7-11-18(16)19/h4-11,14,19-22H,3,12-13H2,1-2H3,(H,29,31)(H,30,34)(H,32,33)/t14-,20?,21?,22-/m0/s1. The topological polar surface area (TPSA) is 105 Å². The first-order chi connectivity index (χ1) is 16.7. The fourth-order valence-electron chi connectivity index (χ4n) is 4.77. The van der Waals surface area contributed by atoms with Crippen LogP contribution in [0.15, 0.2) is 48.5 Å². The van der Waals surface area contributed by atoms with Crippen LogP contribution in [-0.4, -0.2) is 48.2 Å². The Morgan fingerprint density at radius 3 is 2.14 bits per heavy atom. The van der Waals surface area contributed by atoms with Gasteiger partial charge in [-0.3, -0.25) is 9.59 Å². The molecule has 4 atom stereocenters. The molecule has 0 bridgehead atoms. The molecule has 0 spiro atoms. The van der Waals surface area contributed by atoms with Crippen LogP contribution in [0.25, 0.3) is 11.1 Å². The summed E-state index contributed by atoms with van der Waals surface area (Å²) in [6.07, 6.45) is -0.244. The predicted octanol–water partition coefficient (Wildman–Crippen LogP) is 4.02. The molecule has 186 valence electrons. The first-order valence-corrected chi connectivity index (χ1v) is 11.7. The third kappa shape index (κ3) is 4.72. The molecule has 2 aliphatic carbocycles. The predicted molar refractivity (Wildman–Crippen MR) is 124 cm³/mol. The molecule has 0 radical (unpaired) electrons. The first kappa shape index (κ1) is 24.6. The number of hydrogen-bond donors (Lipinski definition) is 3. The van der Waals surface area contributed by atoms with Crippen molar-refractivity contribution >= 4 is 18.0 Å². The van der Waals surface area contributed by atoms with Crippen LogP contribution in [0.3, 0.4) is 0 Å². The average molecular weight is 487 g/mol. The molecule has 0 saturated heterocycles. The Morgan fingerprint density at radius 1 is 1.06 bits per heavy atom. The summed E-state index contributed by atoms with van der Waals surface area (Å²) in [5.41, 5.74) is 4.28. The molecule has 35 heavy (non-hydrogen) atoms. The Morgan fingerprint density at radius 2 is 1.63 bits per heavy atom. The lowest BCUT2D eigenvalue weighted by Crippen LogP contribution is -2.51. The highest BCUT2D eigenvalue weighted by Crippen LogP contribution is 2.54. The lowest BCUT2D eigenvalue weighted by atomic mass is 9.98. The summed E-state index contributed by atoms with van der Waals surface area (Å²) in [5.74, 6) is -9.31. The van der Waals surface area contributed by atoms with Crippen LogP contribution in [0.5, 0.6) is 0 Å². The van der Waals surface area contributed by atoms with Crippen molar-refractivity contribution in [1.29, 1.82) is 0 Å². The maximum absolute atomic E-state index is 13.6. The van der Waals surface area contributed by atoms with Crippen molar-refractivity contribution in [2.75, 3.05) is 13.2 Å². The highest BCUT2D eigenvalue weighted by molar-refractivity contribution is 5.86. The Hall–Kier alpha value is -3.49. The molecular weight excluding hydrogens is 458 g/mol. The molecule has 1 saturated carbocycles. The van der Waals surface area contributed by atoms with Gasteiger partial charge in [-0.2, -0.15) is 0 Å². The molecule has 2 aromatic rings. The van der Waals surface area contributed by atoms with Gasteiger partial charge in [0.1, 0.15) is 18.6 Å². The third-order valence-electron chi connectivity index (χ3n) is 7.08. The molecule has 2 aromatic carbocycles. The Labute approximate surface area is 201 Å². The van der Waals surface area contributed by atoms with Crippen LogP contribution >= 0.6 is 0 Å². The van der Waals surface area contributed by atoms with Crippen molar-refractivity contribution in [3.8, 4) is 11.1 Å². The summed E-state index contributed by atoms with van der Waals surface area (Å²) < 4.78 is 32.8. The zero-order chi connectivity index (χ0) is 25.3. The maximum Gasteiger partial charge on any atom is 0.407 e. The van der Waals surface area contributed by atoms with Crippen LogP contribution in [0.1, 0.15) is 37.3 Å². The van der Waals surface area contributed by atoms with E-state index in [2.05, 4.69) is 10.6 Å². The minimum Gasteiger partial charge on any atom is -0.481 e. The molecule has 3 N–H and O–H groups in total. The van der Waals surface area contributed by atoms with E-state index in [1.165, 1.54) is 0 Å². The van der Waals surface area contributed by atoms with Crippen LogP contribution in [-0.2, 0) is 14.3 Å². The molecule has 0 heterocycles. The van der Waals surface area contributed by atoms with Crippen LogP contribution in [0.2, 0.25) is 0 Å². The Kier molecular flexibility index (Phi) is 6.78. The highest BCUT2D eigenvalue weighted by Gasteiger charge is 2.72. The smallest absolute Gasteiger partial charge is 0.407 e. The number of carboxylic acids is 1. The van der Waals surface area contributed by atoms with E-state index in [1.807, 2.05) is 55.5 Å². The monoisotopic (exact) mass is 486 g/mol. The number of nitrogens with one attached hydrogen (secondary N) is 2. The van der Waals surface area contributed by atoms with Crippen LogP contribution < -0.4 is 10.6 Å². The van der Waals surface area contributed by atoms with Gasteiger partial charge in [-0.1, -0.05) is 68.8 Å². The number of rotatable bonds is 9. The van der Waals surface area contributed by atoms with E-state index < -0.39 is 48.3 Å². The van der Waals surface area contributed by atoms with Gasteiger partial charge in [-0.25, -0.2) is 13.6 Å². The van der Waals surface area contributed by atoms with E-state index >= 15 is 0 Å². The zero-order valence-corrected chi connectivity index (χ0v) is 19.5. The van der Waals surface area contributed by atoms with Gasteiger partial charge in [0, 0.05) is 12.5 Å². The van der Waals surface area contributed by atoms with Gasteiger partial charge in [-0.05, 0) is 28.2 Å². The number of carbonyl (C=O) groups excluding carboxylic acids is 2. The van der Waals surface area contributed by atoms with E-state index in [4.69, 9.17) is 9.84 Å². The fraction of sp³-hybridized carbons (Fsp3) is 0.423. The molecule has 4 rings (SSSR count). The molecule has 1 fully saturated rings. The van der Waals surface area contributed by atoms with Gasteiger partial charge in [0.2, 0.25) is 5.91 Å². The normalized spacial score (nSPS) is 21.3. The Balaban J connectivity index is 1.37. The van der Waals surface area contributed by atoms with E-state index in [9.17, 15) is 23.2 Å².